The van der Waals surface area contributed by atoms with Gasteiger partial charge in [0.15, 0.2) is 5.16 Å². The van der Waals surface area contributed by atoms with Gasteiger partial charge in [-0.3, -0.25) is 14.2 Å². The second-order valence-electron chi connectivity index (χ2n) is 7.23. The number of para-hydroxylation sites is 2. The number of hydrogen-bond acceptors (Lipinski definition) is 6. The molecule has 2 aromatic heterocycles. The molecule has 0 aliphatic heterocycles. The molecule has 0 spiro atoms. The van der Waals surface area contributed by atoms with Crippen molar-refractivity contribution >= 4 is 39.1 Å². The fraction of sp³-hybridized carbons (Fsp3) is 0.381. The Morgan fingerprint density at radius 3 is 2.93 bits per heavy atom. The van der Waals surface area contributed by atoms with E-state index in [0.29, 0.717) is 22.5 Å². The summed E-state index contributed by atoms with van der Waals surface area (Å²) in [7, 11) is 1.59. The predicted octanol–water partition coefficient (Wildman–Crippen LogP) is 4.26. The topological polar surface area (TPSA) is 61.2 Å². The highest BCUT2D eigenvalue weighted by Gasteiger charge is 2.26. The summed E-state index contributed by atoms with van der Waals surface area (Å²) in [4.78, 5) is 32.1. The van der Waals surface area contributed by atoms with E-state index in [1.165, 1.54) is 16.6 Å². The molecule has 2 heterocycles. The molecule has 1 atom stereocenters. The second kappa shape index (κ2) is 7.72. The number of aryl methyl sites for hydroxylation is 1. The van der Waals surface area contributed by atoms with Crippen molar-refractivity contribution in [2.45, 2.75) is 38.3 Å². The lowest BCUT2D eigenvalue weighted by atomic mass is 9.89. The van der Waals surface area contributed by atoms with Gasteiger partial charge in [0.2, 0.25) is 0 Å². The van der Waals surface area contributed by atoms with Crippen molar-refractivity contribution in [2.24, 2.45) is 5.92 Å². The minimum absolute atomic E-state index is 0.0465. The molecule has 7 heteroatoms. The Balaban J connectivity index is 2.00. The first-order chi connectivity index (χ1) is 13.5. The maximum Gasteiger partial charge on any atom is 0.267 e. The minimum atomic E-state index is -0.0763. The van der Waals surface area contributed by atoms with Gasteiger partial charge < -0.3 is 4.74 Å². The van der Waals surface area contributed by atoms with E-state index in [0.717, 1.165) is 35.0 Å². The molecule has 28 heavy (non-hydrogen) atoms. The quantitative estimate of drug-likeness (QED) is 0.461. The number of methoxy groups -OCH3 is 1. The second-order valence-corrected chi connectivity index (χ2v) is 9.26. The maximum absolute atomic E-state index is 13.7. The van der Waals surface area contributed by atoms with Crippen molar-refractivity contribution in [1.29, 1.82) is 0 Å². The van der Waals surface area contributed by atoms with Crippen LogP contribution in [0.15, 0.2) is 34.2 Å². The Hall–Kier alpha value is -2.12. The highest BCUT2D eigenvalue weighted by atomic mass is 32.2. The normalized spacial score (nSPS) is 16.2. The molecule has 146 valence electrons. The van der Waals surface area contributed by atoms with Crippen molar-refractivity contribution in [3.8, 4) is 11.4 Å². The summed E-state index contributed by atoms with van der Waals surface area (Å²) in [6.45, 7) is 3.80. The Labute approximate surface area is 171 Å². The Bertz CT molecular complexity index is 1120. The highest BCUT2D eigenvalue weighted by molar-refractivity contribution is 7.99. The summed E-state index contributed by atoms with van der Waals surface area (Å²) in [5.41, 5.74) is 1.73. The molecule has 0 saturated heterocycles. The maximum atomic E-state index is 13.7. The summed E-state index contributed by atoms with van der Waals surface area (Å²) in [6, 6.07) is 7.43. The number of benzene rings is 1. The molecule has 0 amide bonds. The van der Waals surface area contributed by atoms with E-state index < -0.39 is 0 Å². The molecule has 4 rings (SSSR count). The van der Waals surface area contributed by atoms with Crippen molar-refractivity contribution in [3.63, 3.8) is 0 Å². The first-order valence-electron chi connectivity index (χ1n) is 9.32. The van der Waals surface area contributed by atoms with Gasteiger partial charge in [0.25, 0.3) is 5.56 Å². The third-order valence-corrected chi connectivity index (χ3v) is 7.26. The third-order valence-electron chi connectivity index (χ3n) is 5.03. The number of Topliss-reactive ketones (excluding diaryl/α,β-unsaturated/α-hetero) is 1. The number of thioether (sulfide) groups is 1. The van der Waals surface area contributed by atoms with E-state index in [1.807, 2.05) is 24.3 Å². The number of ether oxygens (including phenoxy) is 1. The number of rotatable bonds is 5. The zero-order valence-corrected chi connectivity index (χ0v) is 17.8. The van der Waals surface area contributed by atoms with E-state index in [1.54, 1.807) is 29.9 Å². The fourth-order valence-electron chi connectivity index (χ4n) is 3.66. The standard InChI is InChI=1S/C21H22N2O3S2/c1-12-8-9-14-17(10-12)28-19-18(14)20(25)23(21(22-19)27-11-13(2)24)15-6-4-5-7-16(15)26-3/h4-7,12H,8-11H2,1-3H3/t12-/m1/s1. The molecule has 0 unspecified atom stereocenters. The van der Waals surface area contributed by atoms with Crippen LogP contribution in [0, 0.1) is 5.92 Å². The monoisotopic (exact) mass is 414 g/mol. The fourth-order valence-corrected chi connectivity index (χ4v) is 5.89. The number of aromatic nitrogens is 2. The molecule has 1 aliphatic rings. The van der Waals surface area contributed by atoms with Crippen LogP contribution in [0.3, 0.4) is 0 Å². The lowest BCUT2D eigenvalue weighted by molar-refractivity contribution is -0.114. The predicted molar refractivity (Wildman–Crippen MR) is 114 cm³/mol. The molecule has 5 nitrogen and oxygen atoms in total. The van der Waals surface area contributed by atoms with Gasteiger partial charge in [-0.05, 0) is 49.8 Å². The van der Waals surface area contributed by atoms with Gasteiger partial charge in [-0.15, -0.1) is 11.3 Å². The highest BCUT2D eigenvalue weighted by Crippen LogP contribution is 2.37. The van der Waals surface area contributed by atoms with Gasteiger partial charge in [-0.25, -0.2) is 4.98 Å². The van der Waals surface area contributed by atoms with Crippen LogP contribution in [-0.2, 0) is 17.6 Å². The number of carbonyl (C=O) groups is 1. The molecule has 0 saturated carbocycles. The van der Waals surface area contributed by atoms with Crippen molar-refractivity contribution in [3.05, 3.63) is 45.1 Å². The van der Waals surface area contributed by atoms with E-state index in [-0.39, 0.29) is 17.1 Å². The SMILES string of the molecule is COc1ccccc1-n1c(SCC(C)=O)nc2sc3c(c2c1=O)CC[C@@H](C)C3. The Morgan fingerprint density at radius 2 is 2.18 bits per heavy atom. The van der Waals surface area contributed by atoms with E-state index in [2.05, 4.69) is 6.92 Å². The molecule has 0 radical (unpaired) electrons. The summed E-state index contributed by atoms with van der Waals surface area (Å²) in [6.07, 6.45) is 3.01. The van der Waals surface area contributed by atoms with Crippen LogP contribution in [0.5, 0.6) is 5.75 Å². The third kappa shape index (κ3) is 3.37. The Kier molecular flexibility index (Phi) is 5.29. The van der Waals surface area contributed by atoms with Crippen LogP contribution < -0.4 is 10.3 Å². The van der Waals surface area contributed by atoms with Gasteiger partial charge in [-0.2, -0.15) is 0 Å². The molecule has 1 aromatic carbocycles. The van der Waals surface area contributed by atoms with Crippen LogP contribution in [-0.4, -0.2) is 28.2 Å². The molecule has 0 N–H and O–H groups in total. The van der Waals surface area contributed by atoms with E-state index in [4.69, 9.17) is 9.72 Å². The average molecular weight is 415 g/mol. The summed E-state index contributed by atoms with van der Waals surface area (Å²) in [5.74, 6) is 1.55. The number of nitrogens with zero attached hydrogens (tertiary/aromatic N) is 2. The average Bonchev–Trinajstić information content (AvgIpc) is 3.03. The van der Waals surface area contributed by atoms with Crippen LogP contribution >= 0.6 is 23.1 Å². The molecule has 1 aliphatic carbocycles. The summed E-state index contributed by atoms with van der Waals surface area (Å²) < 4.78 is 7.11. The van der Waals surface area contributed by atoms with Gasteiger partial charge in [0.1, 0.15) is 16.4 Å². The lowest BCUT2D eigenvalue weighted by Crippen LogP contribution is -2.23. The van der Waals surface area contributed by atoms with E-state index >= 15 is 0 Å². The van der Waals surface area contributed by atoms with Gasteiger partial charge in [0.05, 0.1) is 23.9 Å². The number of fused-ring (bicyclic) bond motifs is 3. The molecular formula is C21H22N2O3S2. The van der Waals surface area contributed by atoms with Crippen molar-refractivity contribution in [2.75, 3.05) is 12.9 Å². The summed E-state index contributed by atoms with van der Waals surface area (Å²) in [5, 5.41) is 1.26. The van der Waals surface area contributed by atoms with Crippen LogP contribution in [0.25, 0.3) is 15.9 Å². The van der Waals surface area contributed by atoms with Gasteiger partial charge >= 0.3 is 0 Å². The van der Waals surface area contributed by atoms with Crippen LogP contribution in [0.2, 0.25) is 0 Å². The van der Waals surface area contributed by atoms with Crippen molar-refractivity contribution < 1.29 is 9.53 Å². The van der Waals surface area contributed by atoms with Crippen LogP contribution in [0.1, 0.15) is 30.7 Å². The van der Waals surface area contributed by atoms with Gasteiger partial charge in [-0.1, -0.05) is 30.8 Å². The number of hydrogen-bond donors (Lipinski definition) is 0. The zero-order valence-electron chi connectivity index (χ0n) is 16.2. The largest absolute Gasteiger partial charge is 0.495 e. The summed E-state index contributed by atoms with van der Waals surface area (Å²) >= 11 is 2.92. The minimum Gasteiger partial charge on any atom is -0.495 e. The van der Waals surface area contributed by atoms with Crippen LogP contribution in [0.4, 0.5) is 0 Å². The molecular weight excluding hydrogens is 392 g/mol. The number of thiophene rings is 1. The molecule has 0 bridgehead atoms. The zero-order chi connectivity index (χ0) is 19.8. The number of carbonyl (C=O) groups excluding carboxylic acids is 1. The Morgan fingerprint density at radius 1 is 1.39 bits per heavy atom. The first-order valence-corrected chi connectivity index (χ1v) is 11.1. The number of ketones is 1. The molecule has 0 fully saturated rings. The lowest BCUT2D eigenvalue weighted by Gasteiger charge is -2.18. The van der Waals surface area contributed by atoms with Gasteiger partial charge in [0, 0.05) is 4.88 Å². The smallest absolute Gasteiger partial charge is 0.267 e. The van der Waals surface area contributed by atoms with E-state index in [9.17, 15) is 9.59 Å². The van der Waals surface area contributed by atoms with Crippen molar-refractivity contribution in [1.82, 2.24) is 9.55 Å². The first kappa shape index (κ1) is 19.2. The molecule has 3 aromatic rings.